The van der Waals surface area contributed by atoms with E-state index in [2.05, 4.69) is 57.5 Å². The lowest BCUT2D eigenvalue weighted by atomic mass is 10.0. The summed E-state index contributed by atoms with van der Waals surface area (Å²) in [6.45, 7) is 3.24. The van der Waals surface area contributed by atoms with Gasteiger partial charge >= 0.3 is 0 Å². The SMILES string of the molecule is CCCNC(c1csnn1)C1CC1c1ccccc1. The summed E-state index contributed by atoms with van der Waals surface area (Å²) >= 11 is 1.44. The Labute approximate surface area is 118 Å². The minimum absolute atomic E-state index is 0.365. The molecule has 3 nitrogen and oxygen atoms in total. The molecule has 1 aromatic carbocycles. The highest BCUT2D eigenvalue weighted by molar-refractivity contribution is 7.03. The van der Waals surface area contributed by atoms with Crippen LogP contribution in [-0.2, 0) is 0 Å². The van der Waals surface area contributed by atoms with E-state index in [0.29, 0.717) is 17.9 Å². The zero-order chi connectivity index (χ0) is 13.1. The van der Waals surface area contributed by atoms with Crippen molar-refractivity contribution >= 4 is 11.5 Å². The first-order valence-electron chi connectivity index (χ1n) is 6.95. The molecule has 4 heteroatoms. The van der Waals surface area contributed by atoms with Crippen LogP contribution in [0.5, 0.6) is 0 Å². The van der Waals surface area contributed by atoms with Crippen LogP contribution in [0.1, 0.15) is 43.0 Å². The number of nitrogens with one attached hydrogen (secondary N) is 1. The number of hydrogen-bond acceptors (Lipinski definition) is 4. The van der Waals surface area contributed by atoms with Crippen LogP contribution in [0.2, 0.25) is 0 Å². The topological polar surface area (TPSA) is 37.8 Å². The molecule has 3 unspecified atom stereocenters. The largest absolute Gasteiger partial charge is 0.308 e. The summed E-state index contributed by atoms with van der Waals surface area (Å²) in [5, 5.41) is 9.98. The summed E-state index contributed by atoms with van der Waals surface area (Å²) < 4.78 is 4.01. The van der Waals surface area contributed by atoms with Gasteiger partial charge in [-0.2, -0.15) is 0 Å². The molecule has 1 aromatic heterocycles. The lowest BCUT2D eigenvalue weighted by molar-refractivity contribution is 0.462. The molecule has 1 aliphatic carbocycles. The van der Waals surface area contributed by atoms with Gasteiger partial charge in [-0.3, -0.25) is 0 Å². The van der Waals surface area contributed by atoms with Crippen molar-refractivity contribution in [3.8, 4) is 0 Å². The standard InChI is InChI=1S/C15H19N3S/c1-2-8-16-15(14-10-19-18-17-14)13-9-12(13)11-6-4-3-5-7-11/h3-7,10,12-13,15-16H,2,8-9H2,1H3. The Kier molecular flexibility index (Phi) is 3.89. The predicted octanol–water partition coefficient (Wildman–Crippen LogP) is 3.38. The Bertz CT molecular complexity index is 497. The van der Waals surface area contributed by atoms with Crippen molar-refractivity contribution in [3.05, 3.63) is 47.0 Å². The lowest BCUT2D eigenvalue weighted by Crippen LogP contribution is -2.24. The van der Waals surface area contributed by atoms with Gasteiger partial charge in [0.05, 0.1) is 11.7 Å². The van der Waals surface area contributed by atoms with Crippen LogP contribution in [0.25, 0.3) is 0 Å². The van der Waals surface area contributed by atoms with Gasteiger partial charge < -0.3 is 5.32 Å². The van der Waals surface area contributed by atoms with E-state index in [1.54, 1.807) is 0 Å². The van der Waals surface area contributed by atoms with Crippen LogP contribution >= 0.6 is 11.5 Å². The number of nitrogens with zero attached hydrogens (tertiary/aromatic N) is 2. The Morgan fingerprint density at radius 3 is 2.89 bits per heavy atom. The van der Waals surface area contributed by atoms with E-state index in [0.717, 1.165) is 18.7 Å². The molecule has 1 saturated carbocycles. The van der Waals surface area contributed by atoms with Crippen LogP contribution < -0.4 is 5.32 Å². The molecule has 0 aliphatic heterocycles. The molecule has 100 valence electrons. The molecular weight excluding hydrogens is 254 g/mol. The molecule has 1 heterocycles. The summed E-state index contributed by atoms with van der Waals surface area (Å²) in [6, 6.07) is 11.2. The molecule has 19 heavy (non-hydrogen) atoms. The van der Waals surface area contributed by atoms with E-state index >= 15 is 0 Å². The monoisotopic (exact) mass is 273 g/mol. The van der Waals surface area contributed by atoms with Gasteiger partial charge in [0.2, 0.25) is 0 Å². The first-order chi connectivity index (χ1) is 9.40. The van der Waals surface area contributed by atoms with Gasteiger partial charge in [-0.1, -0.05) is 41.7 Å². The van der Waals surface area contributed by atoms with Gasteiger partial charge in [-0.15, -0.1) is 5.10 Å². The minimum atomic E-state index is 0.365. The average Bonchev–Trinajstić information content (AvgIpc) is 3.05. The normalized spacial score (nSPS) is 23.2. The van der Waals surface area contributed by atoms with Gasteiger partial charge in [0.15, 0.2) is 0 Å². The zero-order valence-corrected chi connectivity index (χ0v) is 11.9. The van der Waals surface area contributed by atoms with E-state index in [1.807, 2.05) is 0 Å². The van der Waals surface area contributed by atoms with Crippen LogP contribution in [0.3, 0.4) is 0 Å². The van der Waals surface area contributed by atoms with Crippen LogP contribution in [0.4, 0.5) is 0 Å². The smallest absolute Gasteiger partial charge is 0.0927 e. The molecule has 0 spiro atoms. The molecule has 1 aliphatic rings. The Morgan fingerprint density at radius 2 is 2.21 bits per heavy atom. The molecule has 0 bridgehead atoms. The fourth-order valence-corrected chi connectivity index (χ4v) is 3.24. The molecule has 0 amide bonds. The number of aromatic nitrogens is 2. The maximum atomic E-state index is 4.26. The van der Waals surface area contributed by atoms with E-state index in [4.69, 9.17) is 0 Å². The number of benzene rings is 1. The fraction of sp³-hybridized carbons (Fsp3) is 0.467. The lowest BCUT2D eigenvalue weighted by Gasteiger charge is -2.16. The van der Waals surface area contributed by atoms with Gasteiger partial charge in [0.25, 0.3) is 0 Å². The fourth-order valence-electron chi connectivity index (χ4n) is 2.75. The third kappa shape index (κ3) is 2.85. The zero-order valence-electron chi connectivity index (χ0n) is 11.1. The van der Waals surface area contributed by atoms with Crippen molar-refractivity contribution in [3.63, 3.8) is 0 Å². The van der Waals surface area contributed by atoms with E-state index in [-0.39, 0.29) is 0 Å². The van der Waals surface area contributed by atoms with Crippen molar-refractivity contribution in [2.45, 2.75) is 31.7 Å². The highest BCUT2D eigenvalue weighted by Gasteiger charge is 2.44. The summed E-state index contributed by atoms with van der Waals surface area (Å²) in [5.41, 5.74) is 2.57. The number of rotatable bonds is 6. The summed E-state index contributed by atoms with van der Waals surface area (Å²) in [4.78, 5) is 0. The van der Waals surface area contributed by atoms with Gasteiger partial charge in [-0.25, -0.2) is 0 Å². The van der Waals surface area contributed by atoms with Crippen molar-refractivity contribution < 1.29 is 0 Å². The second kappa shape index (κ2) is 5.80. The minimum Gasteiger partial charge on any atom is -0.308 e. The second-order valence-corrected chi connectivity index (χ2v) is 5.79. The van der Waals surface area contributed by atoms with E-state index in [1.165, 1.54) is 23.5 Å². The average molecular weight is 273 g/mol. The first-order valence-corrected chi connectivity index (χ1v) is 7.79. The van der Waals surface area contributed by atoms with Crippen molar-refractivity contribution in [2.75, 3.05) is 6.54 Å². The van der Waals surface area contributed by atoms with Gasteiger partial charge in [0, 0.05) is 5.38 Å². The third-order valence-electron chi connectivity index (χ3n) is 3.81. The second-order valence-electron chi connectivity index (χ2n) is 5.18. The molecule has 1 fully saturated rings. The summed E-state index contributed by atoms with van der Waals surface area (Å²) in [7, 11) is 0. The van der Waals surface area contributed by atoms with Crippen LogP contribution in [0, 0.1) is 5.92 Å². The predicted molar refractivity (Wildman–Crippen MR) is 78.2 cm³/mol. The Balaban J connectivity index is 1.72. The van der Waals surface area contributed by atoms with Crippen molar-refractivity contribution in [1.29, 1.82) is 0 Å². The van der Waals surface area contributed by atoms with E-state index < -0.39 is 0 Å². The molecule has 3 rings (SSSR count). The highest BCUT2D eigenvalue weighted by atomic mass is 32.1. The maximum absolute atomic E-state index is 4.26. The van der Waals surface area contributed by atoms with Gasteiger partial charge in [0.1, 0.15) is 0 Å². The maximum Gasteiger partial charge on any atom is 0.0927 e. The number of hydrogen-bond donors (Lipinski definition) is 1. The molecule has 3 atom stereocenters. The Morgan fingerprint density at radius 1 is 1.37 bits per heavy atom. The molecule has 0 radical (unpaired) electrons. The van der Waals surface area contributed by atoms with Gasteiger partial charge in [-0.05, 0) is 48.3 Å². The third-order valence-corrected chi connectivity index (χ3v) is 4.33. The molecule has 1 N–H and O–H groups in total. The summed E-state index contributed by atoms with van der Waals surface area (Å²) in [6.07, 6.45) is 2.40. The highest BCUT2D eigenvalue weighted by Crippen LogP contribution is 2.53. The van der Waals surface area contributed by atoms with Crippen LogP contribution in [0.15, 0.2) is 35.7 Å². The quantitative estimate of drug-likeness (QED) is 0.876. The van der Waals surface area contributed by atoms with Crippen LogP contribution in [-0.4, -0.2) is 16.1 Å². The molecule has 0 saturated heterocycles. The van der Waals surface area contributed by atoms with Crippen molar-refractivity contribution in [2.24, 2.45) is 5.92 Å². The molecular formula is C15H19N3S. The Hall–Kier alpha value is -1.26. The van der Waals surface area contributed by atoms with Crippen molar-refractivity contribution in [1.82, 2.24) is 14.9 Å². The first kappa shape index (κ1) is 12.8. The summed E-state index contributed by atoms with van der Waals surface area (Å²) in [5.74, 6) is 1.34. The molecule has 2 aromatic rings. The van der Waals surface area contributed by atoms with E-state index in [9.17, 15) is 0 Å².